The van der Waals surface area contributed by atoms with Crippen molar-refractivity contribution < 1.29 is 0 Å². The summed E-state index contributed by atoms with van der Waals surface area (Å²) in [6, 6.07) is 41.2. The molecule has 0 amide bonds. The fraction of sp³-hybridized carbons (Fsp3) is 0.250. The minimum absolute atomic E-state index is 0.0193. The van der Waals surface area contributed by atoms with E-state index in [9.17, 15) is 0 Å². The van der Waals surface area contributed by atoms with Crippen LogP contribution < -0.4 is 10.6 Å². The maximum Gasteiger partial charge on any atom is 0.0155 e. The van der Waals surface area contributed by atoms with Gasteiger partial charge in [-0.3, -0.25) is 0 Å². The van der Waals surface area contributed by atoms with Crippen molar-refractivity contribution >= 4 is 55.0 Å². The first-order valence-electron chi connectivity index (χ1n) is 12.7. The van der Waals surface area contributed by atoms with E-state index in [0.717, 1.165) is 0 Å². The van der Waals surface area contributed by atoms with E-state index >= 15 is 0 Å². The topological polar surface area (TPSA) is 0 Å². The van der Waals surface area contributed by atoms with Crippen LogP contribution in [-0.4, -0.2) is 24.6 Å². The van der Waals surface area contributed by atoms with E-state index in [-0.39, 0.29) is 13.1 Å². The first kappa shape index (κ1) is 24.7. The van der Waals surface area contributed by atoms with E-state index < -0.39 is 15.5 Å². The molecule has 1 heterocycles. The smallest absolute Gasteiger partial charge is 0.0155 e. The Morgan fingerprint density at radius 3 is 1.46 bits per heavy atom. The SMILES string of the molecule is CCP(CC)CC(C)(CP(c1ccccc1)c1ccccc1)p1c2ccccc2c2ccccc21. The third-order valence-corrected chi connectivity index (χ3v) is 16.6. The second kappa shape index (κ2) is 11.0. The summed E-state index contributed by atoms with van der Waals surface area (Å²) in [4.78, 5) is 0. The quantitative estimate of drug-likeness (QED) is 0.173. The summed E-state index contributed by atoms with van der Waals surface area (Å²) in [5, 5.41) is 9.41. The van der Waals surface area contributed by atoms with Gasteiger partial charge < -0.3 is 0 Å². The van der Waals surface area contributed by atoms with Crippen LogP contribution in [0.25, 0.3) is 21.0 Å². The van der Waals surface area contributed by atoms with Gasteiger partial charge in [0.2, 0.25) is 0 Å². The Morgan fingerprint density at radius 2 is 1.00 bits per heavy atom. The van der Waals surface area contributed by atoms with Crippen molar-refractivity contribution in [2.24, 2.45) is 0 Å². The molecule has 5 aromatic rings. The molecule has 0 spiro atoms. The molecule has 0 aliphatic carbocycles. The lowest BCUT2D eigenvalue weighted by atomic mass is 10.2. The van der Waals surface area contributed by atoms with Crippen LogP contribution in [0.2, 0.25) is 0 Å². The third-order valence-electron chi connectivity index (χ3n) is 7.21. The van der Waals surface area contributed by atoms with Crippen molar-refractivity contribution in [1.29, 1.82) is 0 Å². The van der Waals surface area contributed by atoms with Crippen molar-refractivity contribution in [3.8, 4) is 0 Å². The summed E-state index contributed by atoms with van der Waals surface area (Å²) in [6.45, 7) is 7.48. The van der Waals surface area contributed by atoms with Crippen molar-refractivity contribution in [3.63, 3.8) is 0 Å². The number of benzene rings is 4. The van der Waals surface area contributed by atoms with E-state index in [1.165, 1.54) is 46.0 Å². The number of fused-ring (bicyclic) bond motifs is 3. The summed E-state index contributed by atoms with van der Waals surface area (Å²) < 4.78 is 0. The lowest BCUT2D eigenvalue weighted by Gasteiger charge is -2.38. The normalized spacial score (nSPS) is 13.6. The monoisotopic (exact) mass is 512 g/mol. The third kappa shape index (κ3) is 5.00. The van der Waals surface area contributed by atoms with Gasteiger partial charge in [-0.25, -0.2) is 0 Å². The molecule has 0 saturated heterocycles. The molecule has 0 fully saturated rings. The summed E-state index contributed by atoms with van der Waals surface area (Å²) in [5.41, 5.74) is 0. The molecule has 3 heteroatoms. The summed E-state index contributed by atoms with van der Waals surface area (Å²) in [7, 11) is -0.875. The van der Waals surface area contributed by atoms with Crippen LogP contribution in [-0.2, 0) is 5.16 Å². The van der Waals surface area contributed by atoms with E-state index in [1.54, 1.807) is 10.2 Å². The lowest BCUT2D eigenvalue weighted by molar-refractivity contribution is 0.738. The highest BCUT2D eigenvalue weighted by molar-refractivity contribution is 7.74. The van der Waals surface area contributed by atoms with Gasteiger partial charge in [-0.1, -0.05) is 130 Å². The van der Waals surface area contributed by atoms with Gasteiger partial charge in [0.05, 0.1) is 0 Å². The largest absolute Gasteiger partial charge is 0.106 e. The van der Waals surface area contributed by atoms with Crippen LogP contribution >= 0.6 is 23.4 Å². The second-order valence-corrected chi connectivity index (χ2v) is 17.4. The number of hydrogen-bond acceptors (Lipinski definition) is 0. The molecule has 5 rings (SSSR count). The first-order chi connectivity index (χ1) is 17.1. The van der Waals surface area contributed by atoms with Gasteiger partial charge in [-0.15, -0.1) is 15.5 Å². The molecule has 0 radical (unpaired) electrons. The Bertz CT molecular complexity index is 1290. The highest BCUT2D eigenvalue weighted by Gasteiger charge is 2.36. The fourth-order valence-corrected chi connectivity index (χ4v) is 15.1. The molecule has 1 aromatic heterocycles. The zero-order valence-corrected chi connectivity index (χ0v) is 23.7. The predicted octanol–water partition coefficient (Wildman–Crippen LogP) is 9.35. The molecule has 35 heavy (non-hydrogen) atoms. The number of rotatable bonds is 9. The van der Waals surface area contributed by atoms with E-state index in [0.29, 0.717) is 0 Å². The molecule has 1 atom stereocenters. The van der Waals surface area contributed by atoms with Crippen molar-refractivity contribution in [1.82, 2.24) is 0 Å². The Balaban J connectivity index is 1.73. The lowest BCUT2D eigenvalue weighted by Crippen LogP contribution is -2.29. The Morgan fingerprint density at radius 1 is 0.571 bits per heavy atom. The molecular formula is C32H35P3. The highest BCUT2D eigenvalue weighted by Crippen LogP contribution is 2.64. The summed E-state index contributed by atoms with van der Waals surface area (Å²) in [6.07, 6.45) is 5.23. The average Bonchev–Trinajstić information content (AvgIpc) is 3.27. The Labute approximate surface area is 214 Å². The van der Waals surface area contributed by atoms with Crippen LogP contribution in [0.4, 0.5) is 0 Å². The van der Waals surface area contributed by atoms with Crippen molar-refractivity contribution in [2.75, 3.05) is 24.6 Å². The van der Waals surface area contributed by atoms with Gasteiger partial charge >= 0.3 is 0 Å². The minimum atomic E-state index is -0.448. The van der Waals surface area contributed by atoms with Gasteiger partial charge in [0.15, 0.2) is 0 Å². The highest BCUT2D eigenvalue weighted by atomic mass is 31.1. The van der Waals surface area contributed by atoms with Crippen LogP contribution in [0.1, 0.15) is 20.8 Å². The molecular weight excluding hydrogens is 477 g/mol. The van der Waals surface area contributed by atoms with Crippen LogP contribution in [0.15, 0.2) is 109 Å². The van der Waals surface area contributed by atoms with Gasteiger partial charge in [-0.2, -0.15) is 0 Å². The van der Waals surface area contributed by atoms with E-state index in [1.807, 2.05) is 0 Å². The zero-order valence-electron chi connectivity index (χ0n) is 21.1. The standard InChI is InChI=1S/C32H35P3/c1-4-33(5-2)24-32(3,25-34(26-16-8-6-9-17-26)27-18-10-7-11-19-27)35-30-22-14-12-20-28(30)29-21-13-15-23-31(29)35/h6-23H,4-5,24-25H2,1-3H3. The van der Waals surface area contributed by atoms with Gasteiger partial charge in [0.1, 0.15) is 0 Å². The predicted molar refractivity (Wildman–Crippen MR) is 165 cm³/mol. The van der Waals surface area contributed by atoms with Crippen LogP contribution in [0.3, 0.4) is 0 Å². The minimum Gasteiger partial charge on any atom is -0.106 e. The second-order valence-electron chi connectivity index (χ2n) is 9.59. The summed E-state index contributed by atoms with van der Waals surface area (Å²) >= 11 is 0. The molecule has 178 valence electrons. The Hall–Kier alpha value is -1.96. The molecule has 0 aliphatic rings. The molecule has 0 N–H and O–H groups in total. The summed E-state index contributed by atoms with van der Waals surface area (Å²) in [5.74, 6) is 0. The zero-order chi connectivity index (χ0) is 24.3. The molecule has 0 aliphatic heterocycles. The van der Waals surface area contributed by atoms with Crippen LogP contribution in [0.5, 0.6) is 0 Å². The average molecular weight is 513 g/mol. The van der Waals surface area contributed by atoms with Crippen LogP contribution in [0, 0.1) is 0 Å². The molecule has 0 bridgehead atoms. The molecule has 1 unspecified atom stereocenters. The van der Waals surface area contributed by atoms with Crippen molar-refractivity contribution in [3.05, 3.63) is 109 Å². The van der Waals surface area contributed by atoms with Gasteiger partial charge in [-0.05, 0) is 54.0 Å². The molecule has 0 saturated carbocycles. The first-order valence-corrected chi connectivity index (χ1v) is 17.5. The Kier molecular flexibility index (Phi) is 7.75. The van der Waals surface area contributed by atoms with Gasteiger partial charge in [0, 0.05) is 15.4 Å². The fourth-order valence-electron chi connectivity index (χ4n) is 5.51. The number of hydrogen-bond donors (Lipinski definition) is 0. The molecule has 0 nitrogen and oxygen atoms in total. The van der Waals surface area contributed by atoms with E-state index in [2.05, 4.69) is 130 Å². The molecule has 4 aromatic carbocycles. The van der Waals surface area contributed by atoms with Gasteiger partial charge in [0.25, 0.3) is 0 Å². The maximum absolute atomic E-state index is 2.65. The van der Waals surface area contributed by atoms with E-state index in [4.69, 9.17) is 0 Å². The maximum atomic E-state index is 2.65. The van der Waals surface area contributed by atoms with Crippen molar-refractivity contribution in [2.45, 2.75) is 25.9 Å².